The lowest BCUT2D eigenvalue weighted by molar-refractivity contribution is -0.126. The van der Waals surface area contributed by atoms with Gasteiger partial charge in [-0.2, -0.15) is 0 Å². The third-order valence-corrected chi connectivity index (χ3v) is 4.45. The number of halogens is 1. The van der Waals surface area contributed by atoms with Crippen LogP contribution in [0.4, 0.5) is 5.95 Å². The second-order valence-electron chi connectivity index (χ2n) is 5.70. The number of amides is 1. The van der Waals surface area contributed by atoms with Gasteiger partial charge in [0.2, 0.25) is 11.9 Å². The van der Waals surface area contributed by atoms with Crippen molar-refractivity contribution in [3.8, 4) is 0 Å². The molecule has 1 aromatic carbocycles. The second kappa shape index (κ2) is 7.45. The van der Waals surface area contributed by atoms with Gasteiger partial charge in [0.15, 0.2) is 0 Å². The van der Waals surface area contributed by atoms with Crippen LogP contribution in [0.5, 0.6) is 0 Å². The van der Waals surface area contributed by atoms with Gasteiger partial charge in [-0.25, -0.2) is 9.97 Å². The molecular weight excluding hydrogens is 324 g/mol. The van der Waals surface area contributed by atoms with E-state index >= 15 is 0 Å². The topological polar surface area (TPSA) is 49.3 Å². The Kier molecular flexibility index (Phi) is 5.11. The molecule has 6 heteroatoms. The number of piperazine rings is 1. The summed E-state index contributed by atoms with van der Waals surface area (Å²) in [6.07, 6.45) is 6.88. The van der Waals surface area contributed by atoms with Gasteiger partial charge in [-0.15, -0.1) is 0 Å². The first-order valence-electron chi connectivity index (χ1n) is 7.88. The summed E-state index contributed by atoms with van der Waals surface area (Å²) in [5.74, 6) is 0.731. The van der Waals surface area contributed by atoms with Gasteiger partial charge in [0.25, 0.3) is 0 Å². The van der Waals surface area contributed by atoms with Crippen LogP contribution in [0.3, 0.4) is 0 Å². The first kappa shape index (κ1) is 16.5. The van der Waals surface area contributed by atoms with Crippen molar-refractivity contribution >= 4 is 29.5 Å². The Morgan fingerprint density at radius 1 is 1.17 bits per heavy atom. The number of carbonyl (C=O) groups excluding carboxylic acids is 1. The summed E-state index contributed by atoms with van der Waals surface area (Å²) < 4.78 is 0. The summed E-state index contributed by atoms with van der Waals surface area (Å²) in [5, 5.41) is 0.709. The van der Waals surface area contributed by atoms with E-state index in [4.69, 9.17) is 11.6 Å². The molecule has 0 N–H and O–H groups in total. The van der Waals surface area contributed by atoms with Crippen molar-refractivity contribution in [3.05, 3.63) is 58.9 Å². The zero-order valence-electron chi connectivity index (χ0n) is 13.5. The lowest BCUT2D eigenvalue weighted by Crippen LogP contribution is -2.48. The number of anilines is 1. The third kappa shape index (κ3) is 3.92. The van der Waals surface area contributed by atoms with Crippen molar-refractivity contribution in [2.24, 2.45) is 0 Å². The van der Waals surface area contributed by atoms with Crippen LogP contribution in [0.2, 0.25) is 5.02 Å². The van der Waals surface area contributed by atoms with Crippen molar-refractivity contribution in [1.82, 2.24) is 14.9 Å². The monoisotopic (exact) mass is 342 g/mol. The molecule has 124 valence electrons. The van der Waals surface area contributed by atoms with Crippen molar-refractivity contribution in [2.45, 2.75) is 6.92 Å². The standard InChI is InChI=1S/C18H19ClN4O/c1-14-3-4-15(13-16(14)19)5-6-17(24)22-9-11-23(12-10-22)18-20-7-2-8-21-18/h2-8,13H,9-12H2,1H3. The van der Waals surface area contributed by atoms with Crippen molar-refractivity contribution in [2.75, 3.05) is 31.1 Å². The lowest BCUT2D eigenvalue weighted by Gasteiger charge is -2.34. The minimum absolute atomic E-state index is 0.0142. The van der Waals surface area contributed by atoms with Crippen molar-refractivity contribution < 1.29 is 4.79 Å². The second-order valence-corrected chi connectivity index (χ2v) is 6.11. The molecule has 24 heavy (non-hydrogen) atoms. The minimum Gasteiger partial charge on any atom is -0.337 e. The highest BCUT2D eigenvalue weighted by molar-refractivity contribution is 6.31. The van der Waals surface area contributed by atoms with E-state index in [-0.39, 0.29) is 5.91 Å². The van der Waals surface area contributed by atoms with Gasteiger partial charge < -0.3 is 9.80 Å². The number of nitrogens with zero attached hydrogens (tertiary/aromatic N) is 4. The molecule has 0 spiro atoms. The minimum atomic E-state index is 0.0142. The third-order valence-electron chi connectivity index (χ3n) is 4.04. The summed E-state index contributed by atoms with van der Waals surface area (Å²) >= 11 is 6.11. The molecular formula is C18H19ClN4O. The molecule has 0 unspecified atom stereocenters. The molecule has 1 aliphatic rings. The zero-order chi connectivity index (χ0) is 16.9. The summed E-state index contributed by atoms with van der Waals surface area (Å²) in [6.45, 7) is 4.75. The van der Waals surface area contributed by atoms with Crippen LogP contribution in [0.1, 0.15) is 11.1 Å². The molecule has 0 radical (unpaired) electrons. The largest absolute Gasteiger partial charge is 0.337 e. The maximum absolute atomic E-state index is 12.3. The van der Waals surface area contributed by atoms with Gasteiger partial charge in [-0.1, -0.05) is 23.7 Å². The molecule has 1 saturated heterocycles. The number of benzene rings is 1. The molecule has 0 bridgehead atoms. The molecule has 0 atom stereocenters. The van der Waals surface area contributed by atoms with Crippen LogP contribution >= 0.6 is 11.6 Å². The van der Waals surface area contributed by atoms with Gasteiger partial charge in [-0.05, 0) is 36.3 Å². The highest BCUT2D eigenvalue weighted by Gasteiger charge is 2.20. The number of carbonyl (C=O) groups is 1. The maximum atomic E-state index is 12.3. The van der Waals surface area contributed by atoms with E-state index in [1.807, 2.05) is 30.0 Å². The normalized spacial score (nSPS) is 15.1. The van der Waals surface area contributed by atoms with Gasteiger partial charge in [-0.3, -0.25) is 4.79 Å². The van der Waals surface area contributed by atoms with Crippen molar-refractivity contribution in [1.29, 1.82) is 0 Å². The van der Waals surface area contributed by atoms with Crippen LogP contribution < -0.4 is 4.90 Å². The van der Waals surface area contributed by atoms with Gasteiger partial charge in [0.05, 0.1) is 0 Å². The fourth-order valence-corrected chi connectivity index (χ4v) is 2.76. The number of aryl methyl sites for hydroxylation is 1. The first-order valence-corrected chi connectivity index (χ1v) is 8.26. The predicted octanol–water partition coefficient (Wildman–Crippen LogP) is 2.80. The molecule has 1 amide bonds. The predicted molar refractivity (Wildman–Crippen MR) is 96.0 cm³/mol. The molecule has 2 aromatic rings. The average Bonchev–Trinajstić information content (AvgIpc) is 2.63. The van der Waals surface area contributed by atoms with E-state index in [1.54, 1.807) is 30.6 Å². The Morgan fingerprint density at radius 2 is 1.88 bits per heavy atom. The van der Waals surface area contributed by atoms with E-state index in [9.17, 15) is 4.79 Å². The molecule has 1 aliphatic heterocycles. The lowest BCUT2D eigenvalue weighted by atomic mass is 10.1. The van der Waals surface area contributed by atoms with Crippen molar-refractivity contribution in [3.63, 3.8) is 0 Å². The molecule has 1 aromatic heterocycles. The zero-order valence-corrected chi connectivity index (χ0v) is 14.3. The van der Waals surface area contributed by atoms with E-state index in [0.29, 0.717) is 18.1 Å². The van der Waals surface area contributed by atoms with E-state index in [1.165, 1.54) is 0 Å². The maximum Gasteiger partial charge on any atom is 0.246 e. The number of hydrogen-bond donors (Lipinski definition) is 0. The smallest absolute Gasteiger partial charge is 0.246 e. The van der Waals surface area contributed by atoms with Gasteiger partial charge >= 0.3 is 0 Å². The number of hydrogen-bond acceptors (Lipinski definition) is 4. The number of rotatable bonds is 3. The number of aromatic nitrogens is 2. The Hall–Kier alpha value is -2.40. The highest BCUT2D eigenvalue weighted by atomic mass is 35.5. The molecule has 0 saturated carbocycles. The Balaban J connectivity index is 1.57. The summed E-state index contributed by atoms with van der Waals surface area (Å²) in [4.78, 5) is 24.7. The van der Waals surface area contributed by atoms with E-state index in [0.717, 1.165) is 30.2 Å². The first-order chi connectivity index (χ1) is 11.6. The summed E-state index contributed by atoms with van der Waals surface area (Å²) in [7, 11) is 0. The fraction of sp³-hybridized carbons (Fsp3) is 0.278. The molecule has 1 fully saturated rings. The Bertz CT molecular complexity index is 740. The Labute approximate surface area is 146 Å². The van der Waals surface area contributed by atoms with Gasteiger partial charge in [0.1, 0.15) is 0 Å². The molecule has 5 nitrogen and oxygen atoms in total. The average molecular weight is 343 g/mol. The van der Waals surface area contributed by atoms with Crippen LogP contribution in [-0.4, -0.2) is 47.0 Å². The molecule has 0 aliphatic carbocycles. The fourth-order valence-electron chi connectivity index (χ4n) is 2.57. The summed E-state index contributed by atoms with van der Waals surface area (Å²) in [6, 6.07) is 7.57. The van der Waals surface area contributed by atoms with E-state index in [2.05, 4.69) is 14.9 Å². The summed E-state index contributed by atoms with van der Waals surface area (Å²) in [5.41, 5.74) is 1.95. The van der Waals surface area contributed by atoms with Crippen LogP contribution in [0, 0.1) is 6.92 Å². The highest BCUT2D eigenvalue weighted by Crippen LogP contribution is 2.17. The quantitative estimate of drug-likeness (QED) is 0.805. The van der Waals surface area contributed by atoms with Crippen LogP contribution in [0.15, 0.2) is 42.7 Å². The Morgan fingerprint density at radius 3 is 2.54 bits per heavy atom. The van der Waals surface area contributed by atoms with Gasteiger partial charge in [0, 0.05) is 49.7 Å². The SMILES string of the molecule is Cc1ccc(C=CC(=O)N2CCN(c3ncccn3)CC2)cc1Cl. The van der Waals surface area contributed by atoms with Crippen LogP contribution in [0.25, 0.3) is 6.08 Å². The van der Waals surface area contributed by atoms with E-state index < -0.39 is 0 Å². The molecule has 3 rings (SSSR count). The molecule has 2 heterocycles. The van der Waals surface area contributed by atoms with Crippen LogP contribution in [-0.2, 0) is 4.79 Å².